The summed E-state index contributed by atoms with van der Waals surface area (Å²) < 4.78 is 63.7. The van der Waals surface area contributed by atoms with Crippen LogP contribution < -0.4 is 30.9 Å². The summed E-state index contributed by atoms with van der Waals surface area (Å²) in [5.41, 5.74) is 0.848. The van der Waals surface area contributed by atoms with E-state index in [1.807, 2.05) is 39.8 Å². The lowest BCUT2D eigenvalue weighted by Gasteiger charge is -2.41. The lowest BCUT2D eigenvalue weighted by atomic mass is 9.63. The summed E-state index contributed by atoms with van der Waals surface area (Å²) in [5.74, 6) is -3.45. The first-order chi connectivity index (χ1) is 32.2. The van der Waals surface area contributed by atoms with Crippen molar-refractivity contribution in [1.82, 2.24) is 25.4 Å². The highest BCUT2D eigenvalue weighted by Crippen LogP contribution is 2.57. The number of fused-ring (bicyclic) bond motifs is 3. The Bertz CT molecular complexity index is 2750. The number of nitrogens with one attached hydrogen (secondary N) is 4. The van der Waals surface area contributed by atoms with E-state index in [1.54, 1.807) is 41.3 Å². The fourth-order valence-electron chi connectivity index (χ4n) is 10.9. The van der Waals surface area contributed by atoms with E-state index < -0.39 is 59.0 Å². The molecule has 1 spiro atoms. The Hall–Kier alpha value is -6.27. The van der Waals surface area contributed by atoms with Crippen LogP contribution in [0.1, 0.15) is 96.0 Å². The maximum Gasteiger partial charge on any atom is 0.433 e. The van der Waals surface area contributed by atoms with Gasteiger partial charge in [-0.05, 0) is 84.8 Å². The lowest BCUT2D eigenvalue weighted by Crippen LogP contribution is -2.54. The fraction of sp³-hybridized carbons (Fsp3) is 0.429. The maximum atomic E-state index is 16.3. The number of imide groups is 1. The van der Waals surface area contributed by atoms with Gasteiger partial charge in [0.2, 0.25) is 17.7 Å². The number of piperazine rings is 1. The Morgan fingerprint density at radius 3 is 2.51 bits per heavy atom. The van der Waals surface area contributed by atoms with E-state index in [-0.39, 0.29) is 82.8 Å². The zero-order chi connectivity index (χ0) is 48.6. The SMILES string of the molecule is COc1cc(C(=O)N2CCN(c3ccc4c(c3)CN(C3CCC(=O)NC3=O)C4=O)C[C@H]2C)ccc1NC(=O)[C@@H]1N[C@@H](CC(C)(C)C)[C@@]2(CNc3cc(C(F)(F)F)ncc32)[C@H]1c1cccc(Cl)c1F. The van der Waals surface area contributed by atoms with Crippen LogP contribution in [0.15, 0.2) is 66.9 Å². The van der Waals surface area contributed by atoms with Crippen LogP contribution in [0.25, 0.3) is 0 Å². The van der Waals surface area contributed by atoms with Gasteiger partial charge in [0, 0.05) is 96.8 Å². The molecule has 68 heavy (non-hydrogen) atoms. The van der Waals surface area contributed by atoms with Crippen LogP contribution in [-0.2, 0) is 32.5 Å². The fourth-order valence-corrected chi connectivity index (χ4v) is 11.1. The number of ether oxygens (including phenoxy) is 1. The summed E-state index contributed by atoms with van der Waals surface area (Å²) >= 11 is 6.37. The Balaban J connectivity index is 0.939. The number of piperidine rings is 1. The van der Waals surface area contributed by atoms with Crippen molar-refractivity contribution in [3.05, 3.63) is 111 Å². The highest BCUT2D eigenvalue weighted by molar-refractivity contribution is 6.30. The quantitative estimate of drug-likeness (QED) is 0.108. The Morgan fingerprint density at radius 1 is 1.03 bits per heavy atom. The summed E-state index contributed by atoms with van der Waals surface area (Å²) in [5, 5.41) is 11.7. The van der Waals surface area contributed by atoms with Gasteiger partial charge in [0.1, 0.15) is 23.3 Å². The summed E-state index contributed by atoms with van der Waals surface area (Å²) in [6, 6.07) is 13.1. The number of hydrogen-bond donors (Lipinski definition) is 4. The van der Waals surface area contributed by atoms with Gasteiger partial charge >= 0.3 is 6.18 Å². The third-order valence-electron chi connectivity index (χ3n) is 14.0. The summed E-state index contributed by atoms with van der Waals surface area (Å²) in [7, 11) is 1.41. The van der Waals surface area contributed by atoms with Crippen LogP contribution in [0.3, 0.4) is 0 Å². The number of carbonyl (C=O) groups excluding carboxylic acids is 5. The van der Waals surface area contributed by atoms with Crippen LogP contribution in [0.2, 0.25) is 5.02 Å². The molecule has 6 heterocycles. The van der Waals surface area contributed by atoms with Crippen LogP contribution >= 0.6 is 11.6 Å². The van der Waals surface area contributed by atoms with Crippen molar-refractivity contribution in [1.29, 1.82) is 0 Å². The molecule has 0 radical (unpaired) electrons. The summed E-state index contributed by atoms with van der Waals surface area (Å²) in [6.07, 6.45) is -2.64. The molecule has 4 N–H and O–H groups in total. The van der Waals surface area contributed by atoms with E-state index in [0.717, 1.165) is 17.3 Å². The minimum atomic E-state index is -4.71. The van der Waals surface area contributed by atoms with Crippen molar-refractivity contribution < 1.29 is 46.3 Å². The molecule has 3 saturated heterocycles. The molecule has 14 nitrogen and oxygen atoms in total. The molecule has 0 bridgehead atoms. The molecule has 19 heteroatoms. The van der Waals surface area contributed by atoms with Gasteiger partial charge < -0.3 is 35.4 Å². The van der Waals surface area contributed by atoms with E-state index in [0.29, 0.717) is 42.7 Å². The van der Waals surface area contributed by atoms with Crippen LogP contribution in [0, 0.1) is 11.2 Å². The molecule has 6 atom stereocenters. The molecule has 4 aromatic rings. The second kappa shape index (κ2) is 17.4. The minimum Gasteiger partial charge on any atom is -0.495 e. The number of hydrogen-bond acceptors (Lipinski definition) is 10. The zero-order valence-corrected chi connectivity index (χ0v) is 38.8. The van der Waals surface area contributed by atoms with Crippen LogP contribution in [0.4, 0.5) is 34.6 Å². The number of amides is 5. The van der Waals surface area contributed by atoms with Crippen molar-refractivity contribution in [3.63, 3.8) is 0 Å². The van der Waals surface area contributed by atoms with Gasteiger partial charge in [0.25, 0.3) is 11.8 Å². The number of anilines is 3. The van der Waals surface area contributed by atoms with Gasteiger partial charge in [-0.3, -0.25) is 34.3 Å². The first kappa shape index (κ1) is 46.8. The van der Waals surface area contributed by atoms with Gasteiger partial charge in [0.05, 0.1) is 23.9 Å². The van der Waals surface area contributed by atoms with Crippen molar-refractivity contribution >= 4 is 58.2 Å². The van der Waals surface area contributed by atoms with E-state index in [4.69, 9.17) is 16.3 Å². The van der Waals surface area contributed by atoms with E-state index >= 15 is 4.39 Å². The lowest BCUT2D eigenvalue weighted by molar-refractivity contribution is -0.141. The second-order valence-electron chi connectivity index (χ2n) is 19.5. The average Bonchev–Trinajstić information content (AvgIpc) is 3.94. The smallest absolute Gasteiger partial charge is 0.433 e. The highest BCUT2D eigenvalue weighted by atomic mass is 35.5. The number of rotatable bonds is 8. The number of benzene rings is 3. The minimum absolute atomic E-state index is 0.0752. The molecule has 5 aliphatic rings. The largest absolute Gasteiger partial charge is 0.495 e. The number of halogens is 5. The van der Waals surface area contributed by atoms with E-state index in [2.05, 4.69) is 31.2 Å². The predicted molar refractivity (Wildman–Crippen MR) is 245 cm³/mol. The van der Waals surface area contributed by atoms with Crippen molar-refractivity contribution in [2.45, 2.75) is 95.2 Å². The van der Waals surface area contributed by atoms with Crippen molar-refractivity contribution in [3.8, 4) is 5.75 Å². The standard InChI is InChI=1S/C49H51ClF4N8O6/c1-25-22-60(28-10-11-29-27(17-28)23-62(46(29)67)35-13-14-39(63)59-43(35)64)15-16-61(25)45(66)26-9-12-33(36(18-26)68-5)57-44(65)42-40(30-7-6-8-32(50)41(30)51)48(38(58-42)20-47(2,3)4)24-56-34-19-37(49(52,53)54)55-21-31(34)48/h6-12,17-19,21,25,35,38,40,42,56,58H,13-16,20,22-24H2,1-5H3,(H,57,65)(H,59,63,64)/t25-,35?,38+,40+,42-,48+/m1/s1. The average molecular weight is 959 g/mol. The number of alkyl halides is 3. The number of nitrogens with zero attached hydrogens (tertiary/aromatic N) is 4. The van der Waals surface area contributed by atoms with Gasteiger partial charge in [-0.1, -0.05) is 44.5 Å². The Labute approximate surface area is 395 Å². The molecule has 5 amide bonds. The molecular formula is C49H51ClF4N8O6. The zero-order valence-electron chi connectivity index (χ0n) is 38.0. The molecule has 0 saturated carbocycles. The highest BCUT2D eigenvalue weighted by Gasteiger charge is 2.62. The Kier molecular flexibility index (Phi) is 12.0. The number of methoxy groups -OCH3 is 1. The third-order valence-corrected chi connectivity index (χ3v) is 14.3. The number of carbonyl (C=O) groups is 5. The van der Waals surface area contributed by atoms with E-state index in [9.17, 15) is 37.1 Å². The molecule has 5 aliphatic heterocycles. The van der Waals surface area contributed by atoms with Crippen LogP contribution in [0.5, 0.6) is 5.75 Å². The van der Waals surface area contributed by atoms with Gasteiger partial charge in [-0.15, -0.1) is 0 Å². The monoisotopic (exact) mass is 958 g/mol. The number of pyridine rings is 1. The molecule has 9 rings (SSSR count). The molecule has 358 valence electrons. The Morgan fingerprint density at radius 2 is 1.81 bits per heavy atom. The molecule has 0 aliphatic carbocycles. The third kappa shape index (κ3) is 8.28. The second-order valence-corrected chi connectivity index (χ2v) is 19.9. The molecule has 3 fully saturated rings. The van der Waals surface area contributed by atoms with Crippen molar-refractivity contribution in [2.24, 2.45) is 5.41 Å². The molecule has 1 aromatic heterocycles. The normalized spacial score (nSPS) is 24.8. The molecule has 1 unspecified atom stereocenters. The van der Waals surface area contributed by atoms with E-state index in [1.165, 1.54) is 24.3 Å². The van der Waals surface area contributed by atoms with Crippen LogP contribution in [-0.4, -0.2) is 102 Å². The topological polar surface area (TPSA) is 165 Å². The maximum absolute atomic E-state index is 16.3. The van der Waals surface area contributed by atoms with Gasteiger partial charge in [-0.25, -0.2) is 4.39 Å². The predicted octanol–water partition coefficient (Wildman–Crippen LogP) is 6.88. The summed E-state index contributed by atoms with van der Waals surface area (Å²) in [6.45, 7) is 9.63. The first-order valence-electron chi connectivity index (χ1n) is 22.5. The van der Waals surface area contributed by atoms with Gasteiger partial charge in [-0.2, -0.15) is 13.2 Å². The first-order valence-corrected chi connectivity index (χ1v) is 22.9. The van der Waals surface area contributed by atoms with Gasteiger partial charge in [0.15, 0.2) is 0 Å². The molecular weight excluding hydrogens is 908 g/mol. The summed E-state index contributed by atoms with van der Waals surface area (Å²) in [4.78, 5) is 75.7. The van der Waals surface area contributed by atoms with Crippen molar-refractivity contribution in [2.75, 3.05) is 48.8 Å². The molecule has 3 aromatic carbocycles. The number of aromatic nitrogens is 1.